The first-order valence-electron chi connectivity index (χ1n) is 14.5. The Kier molecular flexibility index (Phi) is 8.90. The summed E-state index contributed by atoms with van der Waals surface area (Å²) < 4.78 is 20.8. The van der Waals surface area contributed by atoms with Gasteiger partial charge in [-0.05, 0) is 61.9 Å². The quantitative estimate of drug-likeness (QED) is 0.240. The second-order valence-electron chi connectivity index (χ2n) is 10.7. The molecule has 0 spiro atoms. The van der Waals surface area contributed by atoms with E-state index in [4.69, 9.17) is 37.4 Å². The summed E-state index contributed by atoms with van der Waals surface area (Å²) >= 11 is 12.3. The van der Waals surface area contributed by atoms with E-state index < -0.39 is 6.29 Å². The highest BCUT2D eigenvalue weighted by molar-refractivity contribution is 6.35. The maximum absolute atomic E-state index is 12.7. The molecule has 4 aromatic rings. The molecule has 3 atom stereocenters. The molecule has 2 aliphatic rings. The highest BCUT2D eigenvalue weighted by Gasteiger charge is 2.29. The highest BCUT2D eigenvalue weighted by Crippen LogP contribution is 2.33. The van der Waals surface area contributed by atoms with E-state index >= 15 is 0 Å². The molecule has 0 amide bonds. The molecule has 10 nitrogen and oxygen atoms in total. The minimum absolute atomic E-state index is 0.0533. The van der Waals surface area contributed by atoms with Gasteiger partial charge in [0.25, 0.3) is 0 Å². The molecule has 2 aromatic carbocycles. The van der Waals surface area contributed by atoms with Gasteiger partial charge in [-0.15, -0.1) is 0 Å². The second-order valence-corrected chi connectivity index (χ2v) is 11.6. The summed E-state index contributed by atoms with van der Waals surface area (Å²) in [6, 6.07) is 17.3. The Hall–Kier alpha value is -3.57. The van der Waals surface area contributed by atoms with E-state index in [-0.39, 0.29) is 17.8 Å². The fourth-order valence-electron chi connectivity index (χ4n) is 5.20. The third-order valence-electron chi connectivity index (χ3n) is 7.92. The summed E-state index contributed by atoms with van der Waals surface area (Å²) in [5, 5.41) is 5.35. The molecule has 226 valence electrons. The molecule has 1 unspecified atom stereocenters. The number of aromatic nitrogens is 4. The van der Waals surface area contributed by atoms with Gasteiger partial charge in [-0.25, -0.2) is 19.0 Å². The van der Waals surface area contributed by atoms with Gasteiger partial charge in [0, 0.05) is 42.5 Å². The lowest BCUT2D eigenvalue weighted by Crippen LogP contribution is -2.46. The SMILES string of the molecule is CCC(C)n1ncn(-c2ccc(N3CCN(c4ccc(OC[C@@H]5CO[C@@H](c6ccc(Cl)cc6Cl)O5)cc4)CC3)nc2)c1=O. The summed E-state index contributed by atoms with van der Waals surface area (Å²) in [5.74, 6) is 1.67. The van der Waals surface area contributed by atoms with Crippen molar-refractivity contribution in [1.29, 1.82) is 0 Å². The van der Waals surface area contributed by atoms with E-state index in [0.29, 0.717) is 28.9 Å². The normalized spacial score (nSPS) is 19.5. The Labute approximate surface area is 260 Å². The van der Waals surface area contributed by atoms with Crippen LogP contribution in [0.4, 0.5) is 11.5 Å². The molecule has 6 rings (SSSR count). The molecule has 0 bridgehead atoms. The summed E-state index contributed by atoms with van der Waals surface area (Å²) in [4.78, 5) is 22.0. The Balaban J connectivity index is 0.981. The molecule has 2 saturated heterocycles. The lowest BCUT2D eigenvalue weighted by atomic mass is 10.2. The van der Waals surface area contributed by atoms with Gasteiger partial charge in [-0.2, -0.15) is 5.10 Å². The minimum atomic E-state index is -0.531. The van der Waals surface area contributed by atoms with Crippen molar-refractivity contribution < 1.29 is 14.2 Å². The van der Waals surface area contributed by atoms with Crippen molar-refractivity contribution in [3.05, 3.63) is 93.2 Å². The number of nitrogens with zero attached hydrogens (tertiary/aromatic N) is 6. The predicted octanol–water partition coefficient (Wildman–Crippen LogP) is 5.53. The van der Waals surface area contributed by atoms with Crippen molar-refractivity contribution in [3.8, 4) is 11.4 Å². The van der Waals surface area contributed by atoms with Crippen LogP contribution in [-0.4, -0.2) is 64.8 Å². The number of rotatable bonds is 9. The topological polar surface area (TPSA) is 86.9 Å². The monoisotopic (exact) mass is 624 g/mol. The zero-order valence-electron chi connectivity index (χ0n) is 24.1. The first-order valence-corrected chi connectivity index (χ1v) is 15.2. The van der Waals surface area contributed by atoms with Crippen LogP contribution in [0, 0.1) is 0 Å². The molecule has 2 aromatic heterocycles. The summed E-state index contributed by atoms with van der Waals surface area (Å²) in [5.41, 5.74) is 2.46. The zero-order chi connectivity index (χ0) is 29.9. The third-order valence-corrected chi connectivity index (χ3v) is 8.48. The van der Waals surface area contributed by atoms with E-state index in [2.05, 4.69) is 32.0 Å². The molecule has 0 N–H and O–H groups in total. The standard InChI is InChI=1S/C31H34Cl2N6O4/c1-3-21(2)39-31(40)38(20-35-39)24-7-11-29(34-17-24)37-14-12-36(13-15-37)23-5-8-25(9-6-23)41-18-26-19-42-30(43-26)27-10-4-22(32)16-28(27)33/h4-11,16-17,20-21,26,30H,3,12-15,18-19H2,1-2H3/t21?,26-,30-/m1/s1. The zero-order valence-corrected chi connectivity index (χ0v) is 25.6. The Bertz CT molecular complexity index is 1590. The van der Waals surface area contributed by atoms with Crippen LogP contribution >= 0.6 is 23.2 Å². The van der Waals surface area contributed by atoms with Gasteiger partial charge >= 0.3 is 5.69 Å². The van der Waals surface area contributed by atoms with E-state index in [9.17, 15) is 4.79 Å². The number of hydrogen-bond acceptors (Lipinski definition) is 8. The smallest absolute Gasteiger partial charge is 0.350 e. The van der Waals surface area contributed by atoms with E-state index in [1.807, 2.05) is 44.2 Å². The van der Waals surface area contributed by atoms with Crippen LogP contribution in [0.15, 0.2) is 71.9 Å². The lowest BCUT2D eigenvalue weighted by Gasteiger charge is -2.36. The number of halogens is 2. The molecule has 0 radical (unpaired) electrons. The van der Waals surface area contributed by atoms with Crippen LogP contribution in [-0.2, 0) is 9.47 Å². The molecule has 0 saturated carbocycles. The van der Waals surface area contributed by atoms with Crippen molar-refractivity contribution in [2.24, 2.45) is 0 Å². The first-order chi connectivity index (χ1) is 20.9. The fourth-order valence-corrected chi connectivity index (χ4v) is 5.70. The van der Waals surface area contributed by atoms with Gasteiger partial charge in [-0.1, -0.05) is 36.2 Å². The van der Waals surface area contributed by atoms with Crippen molar-refractivity contribution in [2.45, 2.75) is 38.7 Å². The van der Waals surface area contributed by atoms with Gasteiger partial charge in [0.1, 0.15) is 30.6 Å². The van der Waals surface area contributed by atoms with Crippen molar-refractivity contribution in [1.82, 2.24) is 19.3 Å². The van der Waals surface area contributed by atoms with Crippen LogP contribution in [0.25, 0.3) is 5.69 Å². The third kappa shape index (κ3) is 6.52. The maximum atomic E-state index is 12.7. The molecule has 2 aliphatic heterocycles. The first kappa shape index (κ1) is 29.5. The highest BCUT2D eigenvalue weighted by atomic mass is 35.5. The van der Waals surface area contributed by atoms with Crippen LogP contribution in [0.5, 0.6) is 5.75 Å². The number of anilines is 2. The van der Waals surface area contributed by atoms with Gasteiger partial charge in [0.05, 0.1) is 29.6 Å². The predicted molar refractivity (Wildman–Crippen MR) is 167 cm³/mol. The largest absolute Gasteiger partial charge is 0.491 e. The van der Waals surface area contributed by atoms with E-state index in [0.717, 1.165) is 55.4 Å². The van der Waals surface area contributed by atoms with Crippen LogP contribution in [0.2, 0.25) is 10.0 Å². The molecule has 2 fully saturated rings. The van der Waals surface area contributed by atoms with Crippen LogP contribution in [0.1, 0.15) is 38.2 Å². The summed E-state index contributed by atoms with van der Waals surface area (Å²) in [6.07, 6.45) is 3.41. The summed E-state index contributed by atoms with van der Waals surface area (Å²) in [6.45, 7) is 8.24. The van der Waals surface area contributed by atoms with Crippen LogP contribution in [0.3, 0.4) is 0 Å². The second kappa shape index (κ2) is 13.0. The Morgan fingerprint density at radius 2 is 1.74 bits per heavy atom. The van der Waals surface area contributed by atoms with Gasteiger partial charge in [0.15, 0.2) is 6.29 Å². The number of benzene rings is 2. The Morgan fingerprint density at radius 1 is 1.00 bits per heavy atom. The van der Waals surface area contributed by atoms with Crippen molar-refractivity contribution >= 4 is 34.7 Å². The number of hydrogen-bond donors (Lipinski definition) is 0. The number of piperazine rings is 1. The fraction of sp³-hybridized carbons (Fsp3) is 0.387. The van der Waals surface area contributed by atoms with Gasteiger partial charge < -0.3 is 24.0 Å². The molecule has 0 aliphatic carbocycles. The number of pyridine rings is 1. The molecular formula is C31H34Cl2N6O4. The minimum Gasteiger partial charge on any atom is -0.491 e. The van der Waals surface area contributed by atoms with E-state index in [1.165, 1.54) is 9.25 Å². The molecule has 4 heterocycles. The van der Waals surface area contributed by atoms with Crippen molar-refractivity contribution in [3.63, 3.8) is 0 Å². The van der Waals surface area contributed by atoms with E-state index in [1.54, 1.807) is 24.7 Å². The van der Waals surface area contributed by atoms with Crippen molar-refractivity contribution in [2.75, 3.05) is 49.2 Å². The molecule has 43 heavy (non-hydrogen) atoms. The lowest BCUT2D eigenvalue weighted by molar-refractivity contribution is -0.0658. The van der Waals surface area contributed by atoms with Crippen LogP contribution < -0.4 is 20.2 Å². The van der Waals surface area contributed by atoms with Gasteiger partial charge in [-0.3, -0.25) is 0 Å². The molecular weight excluding hydrogens is 591 g/mol. The van der Waals surface area contributed by atoms with Gasteiger partial charge in [0.2, 0.25) is 0 Å². The Morgan fingerprint density at radius 3 is 2.44 bits per heavy atom. The molecule has 12 heteroatoms. The number of ether oxygens (including phenoxy) is 3. The average molecular weight is 626 g/mol. The maximum Gasteiger partial charge on any atom is 0.350 e. The summed E-state index contributed by atoms with van der Waals surface area (Å²) in [7, 11) is 0. The average Bonchev–Trinajstić information content (AvgIpc) is 3.67.